The molecule has 3 heterocycles. The lowest BCUT2D eigenvalue weighted by Crippen LogP contribution is -2.21. The first-order chi connectivity index (χ1) is 11.2. The number of pyridine rings is 1. The lowest BCUT2D eigenvalue weighted by Gasteiger charge is -2.11. The number of esters is 1. The minimum atomic E-state index is -0.917. The molecule has 0 saturated heterocycles. The molecule has 0 radical (unpaired) electrons. The van der Waals surface area contributed by atoms with E-state index < -0.39 is 11.9 Å². The van der Waals surface area contributed by atoms with Crippen LogP contribution in [-0.4, -0.2) is 24.0 Å². The van der Waals surface area contributed by atoms with Crippen LogP contribution in [0.15, 0.2) is 36.7 Å². The van der Waals surface area contributed by atoms with E-state index >= 15 is 0 Å². The standard InChI is InChI=1S/C16H14N4O3/c1-23-16(22)13-9-5-11-12(6-10(9)20-15(13)21)19-14(18-11)8-3-2-4-17-7-8/h2-7,13-14,18-19H,1H3,(H,20,21). The third-order valence-corrected chi connectivity index (χ3v) is 4.08. The van der Waals surface area contributed by atoms with Crippen LogP contribution in [-0.2, 0) is 14.3 Å². The highest BCUT2D eigenvalue weighted by molar-refractivity contribution is 6.15. The number of aromatic nitrogens is 1. The molecule has 3 N–H and O–H groups in total. The van der Waals surface area contributed by atoms with Crippen molar-refractivity contribution in [3.05, 3.63) is 47.8 Å². The molecule has 0 spiro atoms. The third-order valence-electron chi connectivity index (χ3n) is 4.08. The van der Waals surface area contributed by atoms with Crippen LogP contribution in [0.3, 0.4) is 0 Å². The molecule has 7 nitrogen and oxygen atoms in total. The van der Waals surface area contributed by atoms with Crippen LogP contribution < -0.4 is 16.0 Å². The van der Waals surface area contributed by atoms with E-state index in [2.05, 4.69) is 20.9 Å². The summed E-state index contributed by atoms with van der Waals surface area (Å²) >= 11 is 0. The summed E-state index contributed by atoms with van der Waals surface area (Å²) in [5.41, 5.74) is 3.95. The molecule has 1 amide bonds. The summed E-state index contributed by atoms with van der Waals surface area (Å²) in [5, 5.41) is 9.39. The van der Waals surface area contributed by atoms with Gasteiger partial charge < -0.3 is 20.7 Å². The number of methoxy groups -OCH3 is 1. The largest absolute Gasteiger partial charge is 0.468 e. The van der Waals surface area contributed by atoms with Crippen molar-refractivity contribution in [2.24, 2.45) is 0 Å². The fraction of sp³-hybridized carbons (Fsp3) is 0.188. The summed E-state index contributed by atoms with van der Waals surface area (Å²) < 4.78 is 4.73. The first kappa shape index (κ1) is 13.6. The van der Waals surface area contributed by atoms with E-state index in [1.54, 1.807) is 12.4 Å². The van der Waals surface area contributed by atoms with Gasteiger partial charge in [-0.2, -0.15) is 0 Å². The summed E-state index contributed by atoms with van der Waals surface area (Å²) in [5.74, 6) is -1.84. The predicted molar refractivity (Wildman–Crippen MR) is 84.1 cm³/mol. The van der Waals surface area contributed by atoms with E-state index in [9.17, 15) is 9.59 Å². The van der Waals surface area contributed by atoms with E-state index in [-0.39, 0.29) is 12.1 Å². The molecule has 2 unspecified atom stereocenters. The molecule has 0 aliphatic carbocycles. The normalized spacial score (nSPS) is 20.8. The van der Waals surface area contributed by atoms with Crippen LogP contribution >= 0.6 is 0 Å². The zero-order valence-corrected chi connectivity index (χ0v) is 12.3. The second kappa shape index (κ2) is 4.98. The van der Waals surface area contributed by atoms with Crippen LogP contribution in [0.5, 0.6) is 0 Å². The van der Waals surface area contributed by atoms with E-state index in [1.807, 2.05) is 24.3 Å². The van der Waals surface area contributed by atoms with Crippen molar-refractivity contribution < 1.29 is 14.3 Å². The SMILES string of the molecule is COC(=O)C1C(=O)Nc2cc3c(cc21)NC(c1cccnc1)N3. The van der Waals surface area contributed by atoms with Gasteiger partial charge in [-0.05, 0) is 18.2 Å². The van der Waals surface area contributed by atoms with Crippen LogP contribution in [0.4, 0.5) is 17.1 Å². The van der Waals surface area contributed by atoms with Crippen LogP contribution in [0, 0.1) is 0 Å². The Hall–Kier alpha value is -3.09. The molecule has 116 valence electrons. The Morgan fingerprint density at radius 3 is 2.70 bits per heavy atom. The lowest BCUT2D eigenvalue weighted by molar-refractivity contribution is -0.144. The maximum absolute atomic E-state index is 12.0. The van der Waals surface area contributed by atoms with E-state index in [0.717, 1.165) is 16.9 Å². The number of anilines is 3. The number of rotatable bonds is 2. The Morgan fingerprint density at radius 2 is 2.00 bits per heavy atom. The smallest absolute Gasteiger partial charge is 0.322 e. The lowest BCUT2D eigenvalue weighted by atomic mass is 10.00. The molecule has 0 fully saturated rings. The Labute approximate surface area is 132 Å². The molecular formula is C16H14N4O3. The molecule has 2 aliphatic rings. The molecule has 0 bridgehead atoms. The van der Waals surface area contributed by atoms with E-state index in [0.29, 0.717) is 11.3 Å². The van der Waals surface area contributed by atoms with Crippen molar-refractivity contribution in [2.45, 2.75) is 12.1 Å². The van der Waals surface area contributed by atoms with Gasteiger partial charge in [0.15, 0.2) is 5.92 Å². The van der Waals surface area contributed by atoms with Gasteiger partial charge in [-0.3, -0.25) is 14.6 Å². The summed E-state index contributed by atoms with van der Waals surface area (Å²) in [4.78, 5) is 27.9. The Bertz CT molecular complexity index is 806. The van der Waals surface area contributed by atoms with Crippen molar-refractivity contribution in [1.29, 1.82) is 0 Å². The molecule has 23 heavy (non-hydrogen) atoms. The number of benzene rings is 1. The maximum atomic E-state index is 12.0. The Morgan fingerprint density at radius 1 is 1.22 bits per heavy atom. The summed E-state index contributed by atoms with van der Waals surface area (Å²) in [7, 11) is 1.28. The zero-order valence-electron chi connectivity index (χ0n) is 12.3. The fourth-order valence-corrected chi connectivity index (χ4v) is 2.96. The zero-order chi connectivity index (χ0) is 16.0. The van der Waals surface area contributed by atoms with Gasteiger partial charge in [0.05, 0.1) is 18.5 Å². The minimum absolute atomic E-state index is 0.103. The molecule has 0 saturated carbocycles. The molecule has 4 rings (SSSR count). The van der Waals surface area contributed by atoms with E-state index in [1.165, 1.54) is 7.11 Å². The number of fused-ring (bicyclic) bond motifs is 2. The Balaban J connectivity index is 1.68. The second-order valence-electron chi connectivity index (χ2n) is 5.44. The first-order valence-corrected chi connectivity index (χ1v) is 7.17. The quantitative estimate of drug-likeness (QED) is 0.579. The average molecular weight is 310 g/mol. The van der Waals surface area contributed by atoms with Gasteiger partial charge in [-0.1, -0.05) is 6.07 Å². The Kier molecular flexibility index (Phi) is 2.94. The number of carbonyl (C=O) groups excluding carboxylic acids is 2. The van der Waals surface area contributed by atoms with Crippen molar-refractivity contribution in [2.75, 3.05) is 23.1 Å². The number of hydrogen-bond acceptors (Lipinski definition) is 6. The van der Waals surface area contributed by atoms with Crippen molar-refractivity contribution in [3.8, 4) is 0 Å². The highest BCUT2D eigenvalue weighted by Crippen LogP contribution is 2.43. The van der Waals surface area contributed by atoms with Crippen molar-refractivity contribution >= 4 is 28.9 Å². The van der Waals surface area contributed by atoms with E-state index in [4.69, 9.17) is 4.74 Å². The molecule has 2 atom stereocenters. The van der Waals surface area contributed by atoms with Gasteiger partial charge in [0.2, 0.25) is 5.91 Å². The number of ether oxygens (including phenoxy) is 1. The van der Waals surface area contributed by atoms with Gasteiger partial charge in [-0.25, -0.2) is 0 Å². The average Bonchev–Trinajstić information content (AvgIpc) is 3.12. The monoisotopic (exact) mass is 310 g/mol. The molecule has 2 aliphatic heterocycles. The second-order valence-corrected chi connectivity index (χ2v) is 5.44. The summed E-state index contributed by atoms with van der Waals surface area (Å²) in [6.45, 7) is 0. The highest BCUT2D eigenvalue weighted by Gasteiger charge is 2.39. The molecular weight excluding hydrogens is 296 g/mol. The number of nitrogens with zero attached hydrogens (tertiary/aromatic N) is 1. The molecule has 2 aromatic rings. The fourth-order valence-electron chi connectivity index (χ4n) is 2.96. The number of amides is 1. The highest BCUT2D eigenvalue weighted by atomic mass is 16.5. The van der Waals surface area contributed by atoms with Gasteiger partial charge in [0.1, 0.15) is 6.17 Å². The maximum Gasteiger partial charge on any atom is 0.322 e. The molecule has 1 aromatic carbocycles. The minimum Gasteiger partial charge on any atom is -0.468 e. The predicted octanol–water partition coefficient (Wildman–Crippen LogP) is 1.83. The number of carbonyl (C=O) groups is 2. The third kappa shape index (κ3) is 2.09. The first-order valence-electron chi connectivity index (χ1n) is 7.17. The molecule has 1 aromatic heterocycles. The van der Waals surface area contributed by atoms with Crippen molar-refractivity contribution in [3.63, 3.8) is 0 Å². The van der Waals surface area contributed by atoms with Gasteiger partial charge in [0, 0.05) is 29.2 Å². The van der Waals surface area contributed by atoms with Crippen LogP contribution in [0.25, 0.3) is 0 Å². The number of hydrogen-bond donors (Lipinski definition) is 3. The van der Waals surface area contributed by atoms with Gasteiger partial charge >= 0.3 is 5.97 Å². The van der Waals surface area contributed by atoms with Crippen LogP contribution in [0.2, 0.25) is 0 Å². The number of nitrogens with one attached hydrogen (secondary N) is 3. The summed E-state index contributed by atoms with van der Waals surface area (Å²) in [6, 6.07) is 7.48. The van der Waals surface area contributed by atoms with Crippen molar-refractivity contribution in [1.82, 2.24) is 4.98 Å². The topological polar surface area (TPSA) is 92.4 Å². The van der Waals surface area contributed by atoms with Crippen LogP contribution in [0.1, 0.15) is 23.2 Å². The molecule has 7 heteroatoms. The summed E-state index contributed by atoms with van der Waals surface area (Å²) in [6.07, 6.45) is 3.40. The van der Waals surface area contributed by atoms with Gasteiger partial charge in [-0.15, -0.1) is 0 Å². The van der Waals surface area contributed by atoms with Gasteiger partial charge in [0.25, 0.3) is 0 Å².